The van der Waals surface area contributed by atoms with E-state index in [4.69, 9.17) is 4.74 Å². The molecular weight excluding hydrogens is 451 g/mol. The van der Waals surface area contributed by atoms with Gasteiger partial charge in [-0.3, -0.25) is 4.55 Å². The van der Waals surface area contributed by atoms with Crippen LogP contribution in [-0.2, 0) is 16.5 Å². The van der Waals surface area contributed by atoms with E-state index in [2.05, 4.69) is 6.92 Å². The van der Waals surface area contributed by atoms with E-state index >= 15 is 0 Å². The van der Waals surface area contributed by atoms with Gasteiger partial charge >= 0.3 is 51.4 Å². The molecule has 32 heavy (non-hydrogen) atoms. The van der Waals surface area contributed by atoms with Gasteiger partial charge in [-0.15, -0.1) is 0 Å². The molecule has 0 aliphatic heterocycles. The van der Waals surface area contributed by atoms with Crippen LogP contribution in [0.5, 0.6) is 17.2 Å². The molecule has 0 spiro atoms. The summed E-state index contributed by atoms with van der Waals surface area (Å²) < 4.78 is 38.1. The molecule has 0 radical (unpaired) electrons. The molecule has 0 atom stereocenters. The SMILES string of the molecule is CCCCCCCCCCCCCc1ccc(S(=O)(=O)O)cc1Oc1ccccc1[O-].[K+]. The maximum absolute atomic E-state index is 12.0. The van der Waals surface area contributed by atoms with E-state index in [1.165, 1.54) is 76.0 Å². The first-order valence-corrected chi connectivity index (χ1v) is 12.9. The minimum absolute atomic E-state index is 0. The van der Waals surface area contributed by atoms with E-state index in [-0.39, 0.29) is 67.8 Å². The van der Waals surface area contributed by atoms with Crippen molar-refractivity contribution in [2.45, 2.75) is 88.9 Å². The molecule has 0 aliphatic carbocycles. The Balaban J connectivity index is 0.00000512. The number of aryl methyl sites for hydroxylation is 1. The Bertz CT molecular complexity index is 899. The molecule has 0 heterocycles. The van der Waals surface area contributed by atoms with Gasteiger partial charge in [0.25, 0.3) is 10.1 Å². The van der Waals surface area contributed by atoms with Crippen LogP contribution in [0.25, 0.3) is 0 Å². The molecule has 2 aromatic rings. The summed E-state index contributed by atoms with van der Waals surface area (Å²) in [4.78, 5) is -0.242. The van der Waals surface area contributed by atoms with Gasteiger partial charge in [0.05, 0.1) is 4.90 Å². The van der Waals surface area contributed by atoms with Gasteiger partial charge in [-0.1, -0.05) is 101 Å². The number of hydrogen-bond acceptors (Lipinski definition) is 4. The van der Waals surface area contributed by atoms with Crippen LogP contribution < -0.4 is 61.2 Å². The fourth-order valence-electron chi connectivity index (χ4n) is 3.63. The van der Waals surface area contributed by atoms with Crippen molar-refractivity contribution in [2.24, 2.45) is 0 Å². The number of para-hydroxylation sites is 2. The van der Waals surface area contributed by atoms with Gasteiger partial charge in [0.2, 0.25) is 0 Å². The molecule has 0 amide bonds. The minimum atomic E-state index is -4.35. The Labute approximate surface area is 236 Å². The maximum Gasteiger partial charge on any atom is 1.00 e. The van der Waals surface area contributed by atoms with Gasteiger partial charge in [-0.25, -0.2) is 0 Å². The third-order valence-electron chi connectivity index (χ3n) is 5.46. The summed E-state index contributed by atoms with van der Waals surface area (Å²) in [6.45, 7) is 2.24. The van der Waals surface area contributed by atoms with E-state index in [9.17, 15) is 18.1 Å². The van der Waals surface area contributed by atoms with Crippen molar-refractivity contribution in [3.63, 3.8) is 0 Å². The van der Waals surface area contributed by atoms with Crippen LogP contribution in [-0.4, -0.2) is 13.0 Å². The average Bonchev–Trinajstić information content (AvgIpc) is 2.73. The van der Waals surface area contributed by atoms with Crippen LogP contribution >= 0.6 is 0 Å². The number of rotatable bonds is 15. The molecule has 0 saturated carbocycles. The van der Waals surface area contributed by atoms with Crippen LogP contribution in [0.15, 0.2) is 47.4 Å². The molecule has 0 aliphatic rings. The maximum atomic E-state index is 12.0. The standard InChI is InChI=1S/C25H36O5S.K/c1-2-3-4-5-6-7-8-9-10-11-12-15-21-18-19-22(31(27,28)29)20-25(21)30-24-17-14-13-16-23(24)26;/h13-14,16-20,26H,2-12,15H2,1H3,(H,27,28,29);/q;+1/p-1. The zero-order valence-corrected chi connectivity index (χ0v) is 23.5. The second-order valence-corrected chi connectivity index (χ2v) is 9.50. The van der Waals surface area contributed by atoms with Crippen LogP contribution in [0, 0.1) is 0 Å². The molecule has 1 N–H and O–H groups in total. The zero-order valence-electron chi connectivity index (χ0n) is 19.5. The van der Waals surface area contributed by atoms with Gasteiger partial charge < -0.3 is 9.84 Å². The quantitative estimate of drug-likeness (QED) is 0.236. The van der Waals surface area contributed by atoms with Crippen molar-refractivity contribution in [2.75, 3.05) is 0 Å². The first-order valence-electron chi connectivity index (χ1n) is 11.5. The summed E-state index contributed by atoms with van der Waals surface area (Å²) >= 11 is 0. The van der Waals surface area contributed by atoms with Crippen molar-refractivity contribution in [1.82, 2.24) is 0 Å². The van der Waals surface area contributed by atoms with Crippen molar-refractivity contribution in [3.05, 3.63) is 48.0 Å². The van der Waals surface area contributed by atoms with Crippen LogP contribution in [0.2, 0.25) is 0 Å². The fourth-order valence-corrected chi connectivity index (χ4v) is 4.13. The fraction of sp³-hybridized carbons (Fsp3) is 0.520. The molecule has 0 fully saturated rings. The Morgan fingerprint density at radius 2 is 1.38 bits per heavy atom. The Kier molecular flexibility index (Phi) is 15.0. The van der Waals surface area contributed by atoms with Crippen LogP contribution in [0.3, 0.4) is 0 Å². The van der Waals surface area contributed by atoms with Crippen molar-refractivity contribution >= 4 is 10.1 Å². The average molecular weight is 487 g/mol. The second-order valence-electron chi connectivity index (χ2n) is 8.08. The predicted molar refractivity (Wildman–Crippen MR) is 122 cm³/mol. The van der Waals surface area contributed by atoms with Gasteiger partial charge in [0.15, 0.2) is 0 Å². The number of ether oxygens (including phenoxy) is 1. The van der Waals surface area contributed by atoms with Gasteiger partial charge in [-0.05, 0) is 30.5 Å². The molecular formula is C25H35KO5S. The molecule has 7 heteroatoms. The topological polar surface area (TPSA) is 86.7 Å². The Morgan fingerprint density at radius 1 is 0.812 bits per heavy atom. The normalized spacial score (nSPS) is 11.2. The second kappa shape index (κ2) is 16.3. The van der Waals surface area contributed by atoms with Crippen molar-refractivity contribution in [3.8, 4) is 17.2 Å². The van der Waals surface area contributed by atoms with Gasteiger partial charge in [-0.2, -0.15) is 8.42 Å². The first-order chi connectivity index (χ1) is 14.9. The van der Waals surface area contributed by atoms with E-state index in [1.54, 1.807) is 24.3 Å². The summed E-state index contributed by atoms with van der Waals surface area (Å²) in [6.07, 6.45) is 14.5. The zero-order chi connectivity index (χ0) is 22.5. The summed E-state index contributed by atoms with van der Waals surface area (Å²) in [5, 5.41) is 12.0. The molecule has 5 nitrogen and oxygen atoms in total. The summed E-state index contributed by atoms with van der Waals surface area (Å²) in [6, 6.07) is 10.6. The number of hydrogen-bond donors (Lipinski definition) is 1. The predicted octanol–water partition coefficient (Wildman–Crippen LogP) is 3.66. The Morgan fingerprint density at radius 3 is 1.94 bits per heavy atom. The van der Waals surface area contributed by atoms with E-state index in [1.807, 2.05) is 0 Å². The molecule has 0 saturated heterocycles. The number of benzene rings is 2. The first kappa shape index (κ1) is 29.6. The molecule has 0 unspecified atom stereocenters. The van der Waals surface area contributed by atoms with E-state index in [0.717, 1.165) is 24.8 Å². The van der Waals surface area contributed by atoms with Gasteiger partial charge in [0, 0.05) is 6.07 Å². The molecule has 0 aromatic heterocycles. The molecule has 2 aromatic carbocycles. The summed E-state index contributed by atoms with van der Waals surface area (Å²) in [5.41, 5.74) is 0.826. The minimum Gasteiger partial charge on any atom is -0.870 e. The Hall–Kier alpha value is -0.414. The molecule has 172 valence electrons. The third kappa shape index (κ3) is 11.1. The van der Waals surface area contributed by atoms with Crippen LogP contribution in [0.1, 0.15) is 83.1 Å². The monoisotopic (exact) mass is 486 g/mol. The van der Waals surface area contributed by atoms with E-state index in [0.29, 0.717) is 5.75 Å². The number of unbranched alkanes of at least 4 members (excludes halogenated alkanes) is 10. The van der Waals surface area contributed by atoms with E-state index < -0.39 is 10.1 Å². The third-order valence-corrected chi connectivity index (χ3v) is 6.30. The van der Waals surface area contributed by atoms with Crippen LogP contribution in [0.4, 0.5) is 0 Å². The molecule has 2 rings (SSSR count). The van der Waals surface area contributed by atoms with Gasteiger partial charge in [0.1, 0.15) is 11.5 Å². The summed E-state index contributed by atoms with van der Waals surface area (Å²) in [7, 11) is -4.35. The smallest absolute Gasteiger partial charge is 0.870 e. The summed E-state index contributed by atoms with van der Waals surface area (Å²) in [5.74, 6) is 0.154. The van der Waals surface area contributed by atoms with Crippen molar-refractivity contribution in [1.29, 1.82) is 0 Å². The largest absolute Gasteiger partial charge is 1.00 e. The van der Waals surface area contributed by atoms with Crippen molar-refractivity contribution < 1.29 is 74.2 Å². The molecule has 0 bridgehead atoms.